The van der Waals surface area contributed by atoms with Crippen LogP contribution < -0.4 is 5.32 Å². The minimum atomic E-state index is -4.49. The van der Waals surface area contributed by atoms with E-state index < -0.39 is 17.6 Å². The van der Waals surface area contributed by atoms with Crippen molar-refractivity contribution < 1.29 is 27.9 Å². The summed E-state index contributed by atoms with van der Waals surface area (Å²) in [4.78, 5) is 27.4. The Kier molecular flexibility index (Phi) is 6.94. The van der Waals surface area contributed by atoms with Crippen LogP contribution in [0.3, 0.4) is 0 Å². The Bertz CT molecular complexity index is 1520. The van der Waals surface area contributed by atoms with Crippen LogP contribution in [0.5, 0.6) is 0 Å². The van der Waals surface area contributed by atoms with Gasteiger partial charge in [0.15, 0.2) is 5.82 Å². The number of carbonyl (C=O) groups is 2. The minimum absolute atomic E-state index is 0.0295. The number of nitrogens with one attached hydrogen (secondary N) is 2. The summed E-state index contributed by atoms with van der Waals surface area (Å²) >= 11 is 0. The van der Waals surface area contributed by atoms with E-state index in [2.05, 4.69) is 25.6 Å². The molecule has 0 saturated heterocycles. The molecule has 12 heteroatoms. The average molecular weight is 553 g/mol. The summed E-state index contributed by atoms with van der Waals surface area (Å²) in [6.07, 6.45) is -0.478. The maximum atomic E-state index is 13.2. The molecule has 2 aromatic heterocycles. The third kappa shape index (κ3) is 5.61. The van der Waals surface area contributed by atoms with Crippen LogP contribution in [0.15, 0.2) is 60.9 Å². The topological polar surface area (TPSA) is 126 Å². The quantitative estimate of drug-likeness (QED) is 0.277. The number of aliphatic carboxylic acids is 1. The summed E-state index contributed by atoms with van der Waals surface area (Å²) < 4.78 is 41.0. The molecule has 0 radical (unpaired) electrons. The number of aromatic amines is 1. The monoisotopic (exact) mass is 552 g/mol. The standard InChI is InChI=1S/C28H27F3N6O3/c1-27(2,28(29,30)31)26-34-23(35-36-26)13-32-25(40)22-11-21(22)19-9-7-17(8-10-19)16-3-5-18(6-4-16)20-12-33-37(14-20)15-24(38)39/h3-10,12,14,21-22H,11,13,15H2,1-2H3,(H,32,40)(H,38,39)(H,34,35,36)/t21-,22+/m1/s1. The highest BCUT2D eigenvalue weighted by Crippen LogP contribution is 2.48. The van der Waals surface area contributed by atoms with E-state index in [0.717, 1.165) is 41.7 Å². The molecular weight excluding hydrogens is 525 g/mol. The Morgan fingerprint density at radius 1 is 1.02 bits per heavy atom. The van der Waals surface area contributed by atoms with Crippen molar-refractivity contribution in [3.05, 3.63) is 78.1 Å². The van der Waals surface area contributed by atoms with Crippen molar-refractivity contribution in [1.82, 2.24) is 30.3 Å². The molecule has 1 fully saturated rings. The number of hydrogen-bond donors (Lipinski definition) is 3. The number of rotatable bonds is 9. The summed E-state index contributed by atoms with van der Waals surface area (Å²) in [5, 5.41) is 21.9. The molecule has 9 nitrogen and oxygen atoms in total. The van der Waals surface area contributed by atoms with Gasteiger partial charge in [0.25, 0.3) is 0 Å². The lowest BCUT2D eigenvalue weighted by Crippen LogP contribution is -2.37. The van der Waals surface area contributed by atoms with Crippen LogP contribution in [-0.4, -0.2) is 48.1 Å². The van der Waals surface area contributed by atoms with Crippen molar-refractivity contribution in [2.24, 2.45) is 5.92 Å². The molecule has 2 heterocycles. The van der Waals surface area contributed by atoms with E-state index in [0.29, 0.717) is 6.42 Å². The van der Waals surface area contributed by atoms with Crippen molar-refractivity contribution in [3.8, 4) is 22.3 Å². The molecule has 0 aliphatic heterocycles. The molecule has 208 valence electrons. The number of carboxylic acids is 1. The van der Waals surface area contributed by atoms with Gasteiger partial charge >= 0.3 is 12.1 Å². The first-order valence-corrected chi connectivity index (χ1v) is 12.6. The van der Waals surface area contributed by atoms with Crippen LogP contribution >= 0.6 is 0 Å². The zero-order valence-electron chi connectivity index (χ0n) is 21.7. The second kappa shape index (κ2) is 10.2. The van der Waals surface area contributed by atoms with Gasteiger partial charge in [0.05, 0.1) is 12.7 Å². The molecule has 0 spiro atoms. The molecule has 2 atom stereocenters. The SMILES string of the molecule is CC(C)(c1n[nH]c(CNC(=O)[C@H]2C[C@@H]2c2ccc(-c3ccc(-c4cnn(CC(=O)O)c4)cc3)cc2)n1)C(F)(F)F. The van der Waals surface area contributed by atoms with Crippen LogP contribution in [0.2, 0.25) is 0 Å². The Morgan fingerprint density at radius 2 is 1.62 bits per heavy atom. The second-order valence-corrected chi connectivity index (χ2v) is 10.4. The van der Waals surface area contributed by atoms with Gasteiger partial charge in [-0.2, -0.15) is 23.4 Å². The van der Waals surface area contributed by atoms with Crippen LogP contribution in [0.1, 0.15) is 43.4 Å². The molecule has 3 N–H and O–H groups in total. The number of amides is 1. The normalized spacial score (nSPS) is 17.0. The number of carbonyl (C=O) groups excluding carboxylic acids is 1. The van der Waals surface area contributed by atoms with Crippen molar-refractivity contribution in [3.63, 3.8) is 0 Å². The van der Waals surface area contributed by atoms with E-state index in [1.807, 2.05) is 48.5 Å². The van der Waals surface area contributed by atoms with Gasteiger partial charge in [-0.15, -0.1) is 0 Å². The minimum Gasteiger partial charge on any atom is -0.480 e. The predicted octanol–water partition coefficient (Wildman–Crippen LogP) is 4.68. The summed E-state index contributed by atoms with van der Waals surface area (Å²) in [7, 11) is 0. The number of halogens is 3. The van der Waals surface area contributed by atoms with E-state index in [1.54, 1.807) is 12.4 Å². The molecule has 2 aromatic carbocycles. The van der Waals surface area contributed by atoms with Crippen LogP contribution in [0.4, 0.5) is 13.2 Å². The zero-order chi connectivity index (χ0) is 28.7. The highest BCUT2D eigenvalue weighted by atomic mass is 19.4. The zero-order valence-corrected chi connectivity index (χ0v) is 21.7. The fraction of sp³-hybridized carbons (Fsp3) is 0.321. The molecule has 1 saturated carbocycles. The fourth-order valence-corrected chi connectivity index (χ4v) is 4.45. The molecular formula is C28H27F3N6O3. The smallest absolute Gasteiger partial charge is 0.401 e. The molecule has 1 aliphatic rings. The van der Waals surface area contributed by atoms with E-state index in [9.17, 15) is 22.8 Å². The van der Waals surface area contributed by atoms with Gasteiger partial charge in [-0.25, -0.2) is 4.98 Å². The van der Waals surface area contributed by atoms with Crippen molar-refractivity contribution >= 4 is 11.9 Å². The lowest BCUT2D eigenvalue weighted by Gasteiger charge is -2.24. The number of benzene rings is 2. The van der Waals surface area contributed by atoms with Crippen LogP contribution in [0.25, 0.3) is 22.3 Å². The van der Waals surface area contributed by atoms with Crippen LogP contribution in [-0.2, 0) is 28.1 Å². The van der Waals surface area contributed by atoms with Crippen molar-refractivity contribution in [1.29, 1.82) is 0 Å². The summed E-state index contributed by atoms with van der Waals surface area (Å²) in [5.74, 6) is -1.46. The maximum absolute atomic E-state index is 13.2. The Hall–Kier alpha value is -4.48. The Balaban J connectivity index is 1.15. The van der Waals surface area contributed by atoms with Gasteiger partial charge in [0.2, 0.25) is 5.91 Å². The van der Waals surface area contributed by atoms with Crippen molar-refractivity contribution in [2.75, 3.05) is 0 Å². The maximum Gasteiger partial charge on any atom is 0.401 e. The highest BCUT2D eigenvalue weighted by Gasteiger charge is 2.51. The third-order valence-electron chi connectivity index (χ3n) is 7.18. The second-order valence-electron chi connectivity index (χ2n) is 10.4. The summed E-state index contributed by atoms with van der Waals surface area (Å²) in [6, 6.07) is 15.9. The molecule has 40 heavy (non-hydrogen) atoms. The summed E-state index contributed by atoms with van der Waals surface area (Å²) in [6.45, 7) is 1.80. The molecule has 1 aliphatic carbocycles. The van der Waals surface area contributed by atoms with E-state index in [4.69, 9.17) is 5.11 Å². The van der Waals surface area contributed by atoms with Gasteiger partial charge in [0, 0.05) is 17.7 Å². The first-order valence-electron chi connectivity index (χ1n) is 12.6. The van der Waals surface area contributed by atoms with E-state index in [1.165, 1.54) is 4.68 Å². The third-order valence-corrected chi connectivity index (χ3v) is 7.18. The lowest BCUT2D eigenvalue weighted by molar-refractivity contribution is -0.182. The molecule has 4 aromatic rings. The van der Waals surface area contributed by atoms with E-state index in [-0.39, 0.29) is 42.5 Å². The number of alkyl halides is 3. The first kappa shape index (κ1) is 27.1. The predicted molar refractivity (Wildman–Crippen MR) is 139 cm³/mol. The lowest BCUT2D eigenvalue weighted by atomic mass is 9.92. The average Bonchev–Trinajstić information content (AvgIpc) is 3.32. The highest BCUT2D eigenvalue weighted by molar-refractivity contribution is 5.83. The number of H-pyrrole nitrogens is 1. The van der Waals surface area contributed by atoms with Crippen molar-refractivity contribution in [2.45, 2.75) is 50.9 Å². The van der Waals surface area contributed by atoms with Crippen LogP contribution in [0, 0.1) is 5.92 Å². The first-order chi connectivity index (χ1) is 18.9. The molecule has 1 amide bonds. The molecule has 0 unspecified atom stereocenters. The Labute approximate surface area is 227 Å². The van der Waals surface area contributed by atoms with Gasteiger partial charge in [-0.3, -0.25) is 19.4 Å². The van der Waals surface area contributed by atoms with E-state index >= 15 is 0 Å². The number of aromatic nitrogens is 5. The molecule has 0 bridgehead atoms. The Morgan fingerprint density at radius 3 is 2.23 bits per heavy atom. The summed E-state index contributed by atoms with van der Waals surface area (Å²) in [5.41, 5.74) is 2.62. The number of nitrogens with zero attached hydrogens (tertiary/aromatic N) is 4. The van der Waals surface area contributed by atoms with Gasteiger partial charge in [-0.1, -0.05) is 48.5 Å². The number of carboxylic acid groups (broad SMARTS) is 1. The molecule has 5 rings (SSSR count). The van der Waals surface area contributed by atoms with Gasteiger partial charge in [0.1, 0.15) is 17.8 Å². The van der Waals surface area contributed by atoms with Gasteiger partial charge < -0.3 is 10.4 Å². The largest absolute Gasteiger partial charge is 0.480 e. The van der Waals surface area contributed by atoms with Gasteiger partial charge in [-0.05, 0) is 48.4 Å². The number of hydrogen-bond acceptors (Lipinski definition) is 5. The fourth-order valence-electron chi connectivity index (χ4n) is 4.45.